The van der Waals surface area contributed by atoms with Crippen molar-refractivity contribution in [2.24, 2.45) is 5.92 Å². The minimum Gasteiger partial charge on any atom is -0.486 e. The van der Waals surface area contributed by atoms with E-state index in [1.807, 2.05) is 12.1 Å². The fourth-order valence-corrected chi connectivity index (χ4v) is 1.47. The SMILES string of the molecule is N#CCc1ccc(OCC(=O)C2CC2)cc1. The summed E-state index contributed by atoms with van der Waals surface area (Å²) in [6, 6.07) is 9.37. The summed E-state index contributed by atoms with van der Waals surface area (Å²) < 4.78 is 5.37. The normalized spacial score (nSPS) is 14.2. The van der Waals surface area contributed by atoms with Crippen molar-refractivity contribution in [3.8, 4) is 11.8 Å². The Kier molecular flexibility index (Phi) is 3.21. The highest BCUT2D eigenvalue weighted by atomic mass is 16.5. The van der Waals surface area contributed by atoms with E-state index in [0.717, 1.165) is 18.4 Å². The lowest BCUT2D eigenvalue weighted by Crippen LogP contribution is -2.12. The number of carbonyl (C=O) groups is 1. The van der Waals surface area contributed by atoms with E-state index in [1.165, 1.54) is 0 Å². The van der Waals surface area contributed by atoms with Gasteiger partial charge in [0.1, 0.15) is 12.4 Å². The summed E-state index contributed by atoms with van der Waals surface area (Å²) >= 11 is 0. The lowest BCUT2D eigenvalue weighted by atomic mass is 10.2. The maximum Gasteiger partial charge on any atom is 0.173 e. The molecule has 0 bridgehead atoms. The van der Waals surface area contributed by atoms with Crippen LogP contribution < -0.4 is 4.74 Å². The Balaban J connectivity index is 1.85. The quantitative estimate of drug-likeness (QED) is 0.755. The van der Waals surface area contributed by atoms with Crippen LogP contribution in [0, 0.1) is 17.2 Å². The van der Waals surface area contributed by atoms with Crippen molar-refractivity contribution in [1.29, 1.82) is 5.26 Å². The molecule has 0 unspecified atom stereocenters. The maximum absolute atomic E-state index is 11.4. The number of nitriles is 1. The number of carbonyl (C=O) groups excluding carboxylic acids is 1. The van der Waals surface area contributed by atoms with Gasteiger partial charge >= 0.3 is 0 Å². The topological polar surface area (TPSA) is 50.1 Å². The molecule has 1 aliphatic rings. The number of Topliss-reactive ketones (excluding diaryl/α,β-unsaturated/α-hetero) is 1. The van der Waals surface area contributed by atoms with Gasteiger partial charge in [-0.25, -0.2) is 0 Å². The lowest BCUT2D eigenvalue weighted by Gasteiger charge is -2.05. The monoisotopic (exact) mass is 215 g/mol. The van der Waals surface area contributed by atoms with Crippen LogP contribution in [0.2, 0.25) is 0 Å². The summed E-state index contributed by atoms with van der Waals surface area (Å²) in [5.41, 5.74) is 0.961. The van der Waals surface area contributed by atoms with E-state index in [-0.39, 0.29) is 18.3 Å². The molecule has 0 heterocycles. The molecule has 1 aromatic carbocycles. The van der Waals surface area contributed by atoms with Crippen LogP contribution in [0.4, 0.5) is 0 Å². The van der Waals surface area contributed by atoms with Gasteiger partial charge in [0.25, 0.3) is 0 Å². The second-order valence-electron chi connectivity index (χ2n) is 4.01. The van der Waals surface area contributed by atoms with E-state index in [1.54, 1.807) is 12.1 Å². The second-order valence-corrected chi connectivity index (χ2v) is 4.01. The van der Waals surface area contributed by atoms with Crippen molar-refractivity contribution in [2.75, 3.05) is 6.61 Å². The van der Waals surface area contributed by atoms with Gasteiger partial charge in [-0.1, -0.05) is 12.1 Å². The molecule has 0 aliphatic heterocycles. The molecule has 2 rings (SSSR count). The number of ether oxygens (including phenoxy) is 1. The summed E-state index contributed by atoms with van der Waals surface area (Å²) in [5, 5.41) is 8.51. The number of hydrogen-bond donors (Lipinski definition) is 0. The second kappa shape index (κ2) is 4.80. The van der Waals surface area contributed by atoms with Crippen LogP contribution in [0.25, 0.3) is 0 Å². The van der Waals surface area contributed by atoms with Crippen LogP contribution in [-0.2, 0) is 11.2 Å². The van der Waals surface area contributed by atoms with Crippen molar-refractivity contribution in [2.45, 2.75) is 19.3 Å². The predicted molar refractivity (Wildman–Crippen MR) is 59.0 cm³/mol. The highest BCUT2D eigenvalue weighted by molar-refractivity contribution is 5.84. The summed E-state index contributed by atoms with van der Waals surface area (Å²) in [7, 11) is 0. The highest BCUT2D eigenvalue weighted by Crippen LogP contribution is 2.29. The number of benzene rings is 1. The van der Waals surface area contributed by atoms with Gasteiger partial charge in [0, 0.05) is 5.92 Å². The van der Waals surface area contributed by atoms with E-state index < -0.39 is 0 Å². The minimum absolute atomic E-state index is 0.169. The van der Waals surface area contributed by atoms with E-state index in [9.17, 15) is 4.79 Å². The molecule has 82 valence electrons. The molecule has 0 spiro atoms. The third-order valence-electron chi connectivity index (χ3n) is 2.62. The molecule has 1 aromatic rings. The van der Waals surface area contributed by atoms with Crippen molar-refractivity contribution in [3.05, 3.63) is 29.8 Å². The first kappa shape index (κ1) is 10.7. The zero-order chi connectivity index (χ0) is 11.4. The molecule has 0 aromatic heterocycles. The van der Waals surface area contributed by atoms with Gasteiger partial charge < -0.3 is 4.74 Å². The Morgan fingerprint density at radius 3 is 2.62 bits per heavy atom. The molecule has 1 fully saturated rings. The van der Waals surface area contributed by atoms with Crippen molar-refractivity contribution >= 4 is 5.78 Å². The highest BCUT2D eigenvalue weighted by Gasteiger charge is 2.29. The standard InChI is InChI=1S/C13H13NO2/c14-8-7-10-1-5-12(6-2-10)16-9-13(15)11-3-4-11/h1-2,5-6,11H,3-4,7,9H2. The Hall–Kier alpha value is -1.82. The van der Waals surface area contributed by atoms with Crippen LogP contribution in [0.15, 0.2) is 24.3 Å². The molecular formula is C13H13NO2. The van der Waals surface area contributed by atoms with Gasteiger partial charge in [-0.05, 0) is 30.5 Å². The molecule has 0 atom stereocenters. The van der Waals surface area contributed by atoms with Gasteiger partial charge in [-0.15, -0.1) is 0 Å². The van der Waals surface area contributed by atoms with Crippen LogP contribution in [0.3, 0.4) is 0 Å². The Morgan fingerprint density at radius 1 is 1.38 bits per heavy atom. The van der Waals surface area contributed by atoms with Crippen LogP contribution >= 0.6 is 0 Å². The number of ketones is 1. The van der Waals surface area contributed by atoms with Gasteiger partial charge in [-0.2, -0.15) is 5.26 Å². The van der Waals surface area contributed by atoms with E-state index in [4.69, 9.17) is 10.00 Å². The fraction of sp³-hybridized carbons (Fsp3) is 0.385. The Labute approximate surface area is 94.6 Å². The molecular weight excluding hydrogens is 202 g/mol. The smallest absolute Gasteiger partial charge is 0.173 e. The number of hydrogen-bond acceptors (Lipinski definition) is 3. The summed E-state index contributed by atoms with van der Waals surface area (Å²) in [4.78, 5) is 11.4. The van der Waals surface area contributed by atoms with Crippen LogP contribution in [0.1, 0.15) is 18.4 Å². The fourth-order valence-electron chi connectivity index (χ4n) is 1.47. The molecule has 3 heteroatoms. The van der Waals surface area contributed by atoms with Crippen molar-refractivity contribution < 1.29 is 9.53 Å². The van der Waals surface area contributed by atoms with Gasteiger partial charge in [0.15, 0.2) is 5.78 Å². The molecule has 1 aliphatic carbocycles. The lowest BCUT2D eigenvalue weighted by molar-refractivity contribution is -0.122. The molecule has 0 saturated heterocycles. The Bertz CT molecular complexity index is 413. The maximum atomic E-state index is 11.4. The Morgan fingerprint density at radius 2 is 2.06 bits per heavy atom. The molecule has 0 radical (unpaired) electrons. The van der Waals surface area contributed by atoms with Crippen molar-refractivity contribution in [3.63, 3.8) is 0 Å². The zero-order valence-corrected chi connectivity index (χ0v) is 8.98. The number of nitrogens with zero attached hydrogens (tertiary/aromatic N) is 1. The average molecular weight is 215 g/mol. The van der Waals surface area contributed by atoms with Crippen LogP contribution in [0.5, 0.6) is 5.75 Å². The number of rotatable bonds is 5. The minimum atomic E-state index is 0.169. The molecule has 3 nitrogen and oxygen atoms in total. The van der Waals surface area contributed by atoms with Crippen LogP contribution in [-0.4, -0.2) is 12.4 Å². The predicted octanol–water partition coefficient (Wildman–Crippen LogP) is 2.11. The average Bonchev–Trinajstić information content (AvgIpc) is 3.12. The summed E-state index contributed by atoms with van der Waals surface area (Å²) in [6.45, 7) is 0.169. The third-order valence-corrected chi connectivity index (χ3v) is 2.62. The van der Waals surface area contributed by atoms with Gasteiger partial charge in [-0.3, -0.25) is 4.79 Å². The molecule has 16 heavy (non-hydrogen) atoms. The van der Waals surface area contributed by atoms with Gasteiger partial charge in [0.2, 0.25) is 0 Å². The molecule has 0 amide bonds. The van der Waals surface area contributed by atoms with Gasteiger partial charge in [0.05, 0.1) is 12.5 Å². The van der Waals surface area contributed by atoms with E-state index >= 15 is 0 Å². The first-order valence-electron chi connectivity index (χ1n) is 5.41. The zero-order valence-electron chi connectivity index (χ0n) is 8.98. The molecule has 0 N–H and O–H groups in total. The first-order chi connectivity index (χ1) is 7.79. The summed E-state index contributed by atoms with van der Waals surface area (Å²) in [6.07, 6.45) is 2.44. The van der Waals surface area contributed by atoms with Crippen molar-refractivity contribution in [1.82, 2.24) is 0 Å². The van der Waals surface area contributed by atoms with E-state index in [0.29, 0.717) is 12.2 Å². The first-order valence-corrected chi connectivity index (χ1v) is 5.41. The molecule has 1 saturated carbocycles. The largest absolute Gasteiger partial charge is 0.486 e. The van der Waals surface area contributed by atoms with E-state index in [2.05, 4.69) is 6.07 Å². The third kappa shape index (κ3) is 2.83. The summed E-state index contributed by atoms with van der Waals surface area (Å²) in [5.74, 6) is 1.13.